The van der Waals surface area contributed by atoms with Gasteiger partial charge >= 0.3 is 6.18 Å². The molecule has 0 bridgehead atoms. The molecule has 0 aliphatic carbocycles. The maximum absolute atomic E-state index is 12.4. The van der Waals surface area contributed by atoms with Crippen LogP contribution in [0.4, 0.5) is 18.9 Å². The predicted molar refractivity (Wildman–Crippen MR) is 81.6 cm³/mol. The van der Waals surface area contributed by atoms with Crippen molar-refractivity contribution < 1.29 is 13.2 Å². The van der Waals surface area contributed by atoms with Gasteiger partial charge in [-0.3, -0.25) is 4.90 Å². The lowest BCUT2D eigenvalue weighted by molar-refractivity contribution is -0.146. The molecular weight excluding hydrogens is 347 g/mol. The van der Waals surface area contributed by atoms with Gasteiger partial charge in [-0.05, 0) is 36.7 Å². The zero-order valence-electron chi connectivity index (χ0n) is 11.7. The Morgan fingerprint density at radius 2 is 1.81 bits per heavy atom. The SMILES string of the molecule is NCCc1cc(Br)ccc1N1CCN(CC(F)(F)F)CC1. The van der Waals surface area contributed by atoms with Crippen LogP contribution in [0, 0.1) is 0 Å². The van der Waals surface area contributed by atoms with Gasteiger partial charge in [0.1, 0.15) is 0 Å². The van der Waals surface area contributed by atoms with Gasteiger partial charge in [0.2, 0.25) is 0 Å². The summed E-state index contributed by atoms with van der Waals surface area (Å²) in [6, 6.07) is 6.00. The number of anilines is 1. The minimum atomic E-state index is -4.12. The molecule has 0 atom stereocenters. The van der Waals surface area contributed by atoms with Gasteiger partial charge in [-0.15, -0.1) is 0 Å². The summed E-state index contributed by atoms with van der Waals surface area (Å²) in [5.41, 5.74) is 7.85. The summed E-state index contributed by atoms with van der Waals surface area (Å²) >= 11 is 3.44. The molecule has 0 spiro atoms. The van der Waals surface area contributed by atoms with Crippen LogP contribution < -0.4 is 10.6 Å². The smallest absolute Gasteiger partial charge is 0.369 e. The minimum Gasteiger partial charge on any atom is -0.369 e. The van der Waals surface area contributed by atoms with Crippen molar-refractivity contribution in [3.8, 4) is 0 Å². The largest absolute Gasteiger partial charge is 0.401 e. The van der Waals surface area contributed by atoms with Crippen LogP contribution in [0.5, 0.6) is 0 Å². The second kappa shape index (κ2) is 6.98. The number of rotatable bonds is 4. The van der Waals surface area contributed by atoms with E-state index in [2.05, 4.69) is 20.8 Å². The van der Waals surface area contributed by atoms with E-state index in [1.54, 1.807) is 0 Å². The fraction of sp³-hybridized carbons (Fsp3) is 0.571. The number of hydrogen-bond acceptors (Lipinski definition) is 3. The van der Waals surface area contributed by atoms with E-state index in [-0.39, 0.29) is 0 Å². The van der Waals surface area contributed by atoms with Gasteiger partial charge in [-0.2, -0.15) is 13.2 Å². The molecule has 21 heavy (non-hydrogen) atoms. The molecule has 3 nitrogen and oxygen atoms in total. The third-order valence-electron chi connectivity index (χ3n) is 3.57. The molecule has 1 aliphatic rings. The number of hydrogen-bond donors (Lipinski definition) is 1. The van der Waals surface area contributed by atoms with Crippen molar-refractivity contribution in [1.29, 1.82) is 0 Å². The molecule has 0 unspecified atom stereocenters. The highest BCUT2D eigenvalue weighted by Gasteiger charge is 2.32. The summed E-state index contributed by atoms with van der Waals surface area (Å²) in [5.74, 6) is 0. The topological polar surface area (TPSA) is 32.5 Å². The maximum atomic E-state index is 12.4. The average molecular weight is 366 g/mol. The van der Waals surface area contributed by atoms with Crippen LogP contribution in [-0.4, -0.2) is 50.3 Å². The zero-order chi connectivity index (χ0) is 15.5. The van der Waals surface area contributed by atoms with Crippen molar-refractivity contribution in [1.82, 2.24) is 4.90 Å². The van der Waals surface area contributed by atoms with E-state index >= 15 is 0 Å². The molecule has 7 heteroatoms. The molecule has 2 rings (SSSR count). The normalized spacial score (nSPS) is 17.3. The van der Waals surface area contributed by atoms with E-state index in [4.69, 9.17) is 5.73 Å². The second-order valence-electron chi connectivity index (χ2n) is 5.19. The highest BCUT2D eigenvalue weighted by Crippen LogP contribution is 2.26. The Balaban J connectivity index is 2.02. The van der Waals surface area contributed by atoms with Crippen LogP contribution in [-0.2, 0) is 6.42 Å². The zero-order valence-corrected chi connectivity index (χ0v) is 13.3. The Kier molecular flexibility index (Phi) is 5.51. The van der Waals surface area contributed by atoms with Gasteiger partial charge in [-0.1, -0.05) is 15.9 Å². The first kappa shape index (κ1) is 16.6. The van der Waals surface area contributed by atoms with Crippen LogP contribution in [0.25, 0.3) is 0 Å². The summed E-state index contributed by atoms with van der Waals surface area (Å²) in [6.45, 7) is 1.80. The van der Waals surface area contributed by atoms with Gasteiger partial charge in [0.05, 0.1) is 6.54 Å². The van der Waals surface area contributed by atoms with Gasteiger partial charge in [0, 0.05) is 36.3 Å². The molecule has 0 radical (unpaired) electrons. The number of benzene rings is 1. The Hall–Kier alpha value is -0.790. The molecule has 1 saturated heterocycles. The first-order chi connectivity index (χ1) is 9.89. The Morgan fingerprint density at radius 3 is 2.38 bits per heavy atom. The van der Waals surface area contributed by atoms with E-state index in [0.29, 0.717) is 32.7 Å². The Morgan fingerprint density at radius 1 is 1.14 bits per heavy atom. The Bertz CT molecular complexity index is 471. The van der Waals surface area contributed by atoms with Crippen molar-refractivity contribution >= 4 is 21.6 Å². The van der Waals surface area contributed by atoms with Crippen LogP contribution in [0.2, 0.25) is 0 Å². The third-order valence-corrected chi connectivity index (χ3v) is 4.06. The highest BCUT2D eigenvalue weighted by atomic mass is 79.9. The van der Waals surface area contributed by atoms with E-state index in [0.717, 1.165) is 22.1 Å². The van der Waals surface area contributed by atoms with Crippen molar-refractivity contribution in [3.63, 3.8) is 0 Å². The molecule has 0 amide bonds. The quantitative estimate of drug-likeness (QED) is 0.890. The Labute approximate surface area is 131 Å². The van der Waals surface area contributed by atoms with Gasteiger partial charge < -0.3 is 10.6 Å². The molecule has 0 aromatic heterocycles. The summed E-state index contributed by atoms with van der Waals surface area (Å²) in [4.78, 5) is 3.60. The van der Waals surface area contributed by atoms with E-state index < -0.39 is 12.7 Å². The molecule has 1 aromatic carbocycles. The monoisotopic (exact) mass is 365 g/mol. The fourth-order valence-electron chi connectivity index (χ4n) is 2.62. The van der Waals surface area contributed by atoms with E-state index in [1.807, 2.05) is 18.2 Å². The summed E-state index contributed by atoms with van der Waals surface area (Å²) in [7, 11) is 0. The van der Waals surface area contributed by atoms with E-state index in [1.165, 1.54) is 4.90 Å². The summed E-state index contributed by atoms with van der Waals surface area (Å²) in [6.07, 6.45) is -3.36. The first-order valence-electron chi connectivity index (χ1n) is 6.91. The van der Waals surface area contributed by atoms with Gasteiger partial charge in [0.15, 0.2) is 0 Å². The standard InChI is InChI=1S/C14H19BrF3N3/c15-12-1-2-13(11(9-12)3-4-19)21-7-5-20(6-8-21)10-14(16,17)18/h1-2,9H,3-8,10,19H2. The van der Waals surface area contributed by atoms with Crippen molar-refractivity contribution in [2.45, 2.75) is 12.6 Å². The maximum Gasteiger partial charge on any atom is 0.401 e. The molecule has 1 fully saturated rings. The van der Waals surface area contributed by atoms with Gasteiger partial charge in [-0.25, -0.2) is 0 Å². The minimum absolute atomic E-state index is 0.428. The van der Waals surface area contributed by atoms with E-state index in [9.17, 15) is 13.2 Å². The molecular formula is C14H19BrF3N3. The lowest BCUT2D eigenvalue weighted by atomic mass is 10.1. The summed E-state index contributed by atoms with van der Waals surface area (Å²) < 4.78 is 38.2. The molecule has 0 saturated carbocycles. The van der Waals surface area contributed by atoms with Crippen LogP contribution in [0.1, 0.15) is 5.56 Å². The van der Waals surface area contributed by atoms with Crippen LogP contribution in [0.3, 0.4) is 0 Å². The lowest BCUT2D eigenvalue weighted by Gasteiger charge is -2.37. The number of nitrogens with two attached hydrogens (primary N) is 1. The third kappa shape index (κ3) is 4.86. The number of alkyl halides is 3. The lowest BCUT2D eigenvalue weighted by Crippen LogP contribution is -2.49. The number of halogens is 4. The summed E-state index contributed by atoms with van der Waals surface area (Å²) in [5, 5.41) is 0. The molecule has 1 aromatic rings. The van der Waals surface area contributed by atoms with Gasteiger partial charge in [0.25, 0.3) is 0 Å². The molecule has 2 N–H and O–H groups in total. The second-order valence-corrected chi connectivity index (χ2v) is 6.11. The first-order valence-corrected chi connectivity index (χ1v) is 7.71. The number of nitrogens with zero attached hydrogens (tertiary/aromatic N) is 2. The highest BCUT2D eigenvalue weighted by molar-refractivity contribution is 9.10. The predicted octanol–water partition coefficient (Wildman–Crippen LogP) is 2.63. The molecule has 1 heterocycles. The number of piperazine rings is 1. The molecule has 1 aliphatic heterocycles. The molecule has 118 valence electrons. The van der Waals surface area contributed by atoms with Crippen molar-refractivity contribution in [3.05, 3.63) is 28.2 Å². The van der Waals surface area contributed by atoms with Crippen LogP contribution in [0.15, 0.2) is 22.7 Å². The fourth-order valence-corrected chi connectivity index (χ4v) is 3.03. The van der Waals surface area contributed by atoms with Crippen molar-refractivity contribution in [2.75, 3.05) is 44.2 Å². The average Bonchev–Trinajstić information content (AvgIpc) is 2.39. The van der Waals surface area contributed by atoms with Crippen molar-refractivity contribution in [2.24, 2.45) is 5.73 Å². The van der Waals surface area contributed by atoms with Crippen LogP contribution >= 0.6 is 15.9 Å².